The Morgan fingerprint density at radius 3 is 2.74 bits per heavy atom. The van der Waals surface area contributed by atoms with Crippen molar-refractivity contribution in [3.63, 3.8) is 0 Å². The van der Waals surface area contributed by atoms with Gasteiger partial charge in [-0.25, -0.2) is 13.1 Å². The van der Waals surface area contributed by atoms with E-state index in [4.69, 9.17) is 21.4 Å². The SMILES string of the molecule is COc1cc(S(=O)(=O)NCCCC(=O)O)ccc1Cl. The van der Waals surface area contributed by atoms with Crippen molar-refractivity contribution in [2.24, 2.45) is 0 Å². The third-order valence-electron chi connectivity index (χ3n) is 2.29. The highest BCUT2D eigenvalue weighted by Crippen LogP contribution is 2.26. The maximum atomic E-state index is 11.9. The molecule has 0 aliphatic carbocycles. The van der Waals surface area contributed by atoms with Crippen molar-refractivity contribution in [2.75, 3.05) is 13.7 Å². The van der Waals surface area contributed by atoms with E-state index in [1.165, 1.54) is 25.3 Å². The molecule has 1 aromatic carbocycles. The number of halogens is 1. The molecule has 0 aromatic heterocycles. The van der Waals surface area contributed by atoms with Crippen LogP contribution in [0, 0.1) is 0 Å². The Balaban J connectivity index is 2.74. The van der Waals surface area contributed by atoms with E-state index in [9.17, 15) is 13.2 Å². The molecule has 8 heteroatoms. The van der Waals surface area contributed by atoms with Crippen LogP contribution in [0.3, 0.4) is 0 Å². The number of benzene rings is 1. The number of ether oxygens (including phenoxy) is 1. The fraction of sp³-hybridized carbons (Fsp3) is 0.364. The largest absolute Gasteiger partial charge is 0.495 e. The molecule has 0 bridgehead atoms. The minimum Gasteiger partial charge on any atom is -0.495 e. The average Bonchev–Trinajstić information content (AvgIpc) is 2.35. The zero-order chi connectivity index (χ0) is 14.5. The zero-order valence-electron chi connectivity index (χ0n) is 10.2. The third kappa shape index (κ3) is 4.70. The lowest BCUT2D eigenvalue weighted by Gasteiger charge is -2.08. The van der Waals surface area contributed by atoms with Crippen molar-refractivity contribution in [3.8, 4) is 5.75 Å². The molecule has 1 aromatic rings. The first-order valence-corrected chi connectivity index (χ1v) is 7.28. The first kappa shape index (κ1) is 15.7. The molecule has 0 saturated carbocycles. The predicted molar refractivity (Wildman–Crippen MR) is 70.1 cm³/mol. The monoisotopic (exact) mass is 307 g/mol. The smallest absolute Gasteiger partial charge is 0.303 e. The van der Waals surface area contributed by atoms with E-state index in [1.54, 1.807) is 0 Å². The molecule has 0 aliphatic rings. The van der Waals surface area contributed by atoms with E-state index in [1.807, 2.05) is 0 Å². The van der Waals surface area contributed by atoms with Gasteiger partial charge in [0.2, 0.25) is 10.0 Å². The second-order valence-electron chi connectivity index (χ2n) is 3.69. The summed E-state index contributed by atoms with van der Waals surface area (Å²) in [6, 6.07) is 4.08. The Morgan fingerprint density at radius 1 is 1.47 bits per heavy atom. The van der Waals surface area contributed by atoms with Crippen LogP contribution in [0.15, 0.2) is 23.1 Å². The van der Waals surface area contributed by atoms with Crippen LogP contribution in [0.5, 0.6) is 5.75 Å². The summed E-state index contributed by atoms with van der Waals surface area (Å²) in [6.07, 6.45) is 0.131. The van der Waals surface area contributed by atoms with Gasteiger partial charge in [0.25, 0.3) is 0 Å². The molecular weight excluding hydrogens is 294 g/mol. The lowest BCUT2D eigenvalue weighted by Crippen LogP contribution is -2.25. The van der Waals surface area contributed by atoms with Crippen LogP contribution in [0.25, 0.3) is 0 Å². The second-order valence-corrected chi connectivity index (χ2v) is 5.87. The molecule has 0 fully saturated rings. The molecule has 19 heavy (non-hydrogen) atoms. The summed E-state index contributed by atoms with van der Waals surface area (Å²) in [6.45, 7) is 0.0551. The van der Waals surface area contributed by atoms with Crippen molar-refractivity contribution < 1.29 is 23.1 Å². The number of carboxylic acids is 1. The lowest BCUT2D eigenvalue weighted by atomic mass is 10.3. The molecule has 0 amide bonds. The minimum atomic E-state index is -3.69. The van der Waals surface area contributed by atoms with Gasteiger partial charge in [0, 0.05) is 19.0 Å². The van der Waals surface area contributed by atoms with E-state index in [-0.39, 0.29) is 30.0 Å². The van der Waals surface area contributed by atoms with Crippen molar-refractivity contribution in [2.45, 2.75) is 17.7 Å². The van der Waals surface area contributed by atoms with Crippen LogP contribution in [-0.2, 0) is 14.8 Å². The van der Waals surface area contributed by atoms with Gasteiger partial charge < -0.3 is 9.84 Å². The number of rotatable bonds is 7. The van der Waals surface area contributed by atoms with Crippen LogP contribution in [0.2, 0.25) is 5.02 Å². The lowest BCUT2D eigenvalue weighted by molar-refractivity contribution is -0.137. The number of hydrogen-bond donors (Lipinski definition) is 2. The molecule has 0 spiro atoms. The predicted octanol–water partition coefficient (Wildman–Crippen LogP) is 1.49. The Hall–Kier alpha value is -1.31. The maximum absolute atomic E-state index is 11.9. The summed E-state index contributed by atoms with van der Waals surface area (Å²) in [5, 5.41) is 8.76. The van der Waals surface area contributed by atoms with Crippen LogP contribution < -0.4 is 9.46 Å². The van der Waals surface area contributed by atoms with Gasteiger partial charge in [0.05, 0.1) is 17.0 Å². The number of carboxylic acid groups (broad SMARTS) is 1. The number of aliphatic carboxylic acids is 1. The average molecular weight is 308 g/mol. The standard InChI is InChI=1S/C11H14ClNO5S/c1-18-10-7-8(4-5-9(10)12)19(16,17)13-6-2-3-11(14)15/h4-5,7,13H,2-3,6H2,1H3,(H,14,15). The summed E-state index contributed by atoms with van der Waals surface area (Å²) in [7, 11) is -2.30. The van der Waals surface area contributed by atoms with Gasteiger partial charge in [-0.3, -0.25) is 4.79 Å². The zero-order valence-corrected chi connectivity index (χ0v) is 11.8. The summed E-state index contributed by atoms with van der Waals surface area (Å²) in [4.78, 5) is 10.3. The highest BCUT2D eigenvalue weighted by atomic mass is 35.5. The van der Waals surface area contributed by atoms with Gasteiger partial charge in [-0.15, -0.1) is 0 Å². The minimum absolute atomic E-state index is 0.0177. The van der Waals surface area contributed by atoms with E-state index in [0.717, 1.165) is 0 Å². The Labute approximate surface area is 116 Å². The van der Waals surface area contributed by atoms with Gasteiger partial charge >= 0.3 is 5.97 Å². The van der Waals surface area contributed by atoms with Gasteiger partial charge in [-0.1, -0.05) is 11.6 Å². The first-order chi connectivity index (χ1) is 8.86. The highest BCUT2D eigenvalue weighted by molar-refractivity contribution is 7.89. The molecule has 0 aliphatic heterocycles. The third-order valence-corrected chi connectivity index (χ3v) is 4.06. The van der Waals surface area contributed by atoms with E-state index in [0.29, 0.717) is 5.02 Å². The van der Waals surface area contributed by atoms with Crippen molar-refractivity contribution in [1.29, 1.82) is 0 Å². The number of hydrogen-bond acceptors (Lipinski definition) is 4. The quantitative estimate of drug-likeness (QED) is 0.745. The first-order valence-electron chi connectivity index (χ1n) is 5.42. The summed E-state index contributed by atoms with van der Waals surface area (Å²) in [5.74, 6) is -0.706. The van der Waals surface area contributed by atoms with Crippen molar-refractivity contribution in [3.05, 3.63) is 23.2 Å². The van der Waals surface area contributed by atoms with Gasteiger partial charge in [0.15, 0.2) is 0 Å². The molecule has 0 saturated heterocycles. The van der Waals surface area contributed by atoms with E-state index >= 15 is 0 Å². The molecule has 0 heterocycles. The van der Waals surface area contributed by atoms with E-state index in [2.05, 4.69) is 4.72 Å². The molecular formula is C11H14ClNO5S. The number of carbonyl (C=O) groups is 1. The van der Waals surface area contributed by atoms with Crippen molar-refractivity contribution in [1.82, 2.24) is 4.72 Å². The fourth-order valence-corrected chi connectivity index (χ4v) is 2.62. The Morgan fingerprint density at radius 2 is 2.16 bits per heavy atom. The maximum Gasteiger partial charge on any atom is 0.303 e. The molecule has 1 rings (SSSR count). The van der Waals surface area contributed by atoms with Crippen molar-refractivity contribution >= 4 is 27.6 Å². The van der Waals surface area contributed by atoms with Gasteiger partial charge in [0.1, 0.15) is 5.75 Å². The summed E-state index contributed by atoms with van der Waals surface area (Å²) >= 11 is 5.80. The Kier molecular flexibility index (Phi) is 5.59. The molecule has 0 atom stereocenters. The molecule has 106 valence electrons. The van der Waals surface area contributed by atoms with Gasteiger partial charge in [-0.2, -0.15) is 0 Å². The highest BCUT2D eigenvalue weighted by Gasteiger charge is 2.15. The van der Waals surface area contributed by atoms with Gasteiger partial charge in [-0.05, 0) is 18.6 Å². The van der Waals surface area contributed by atoms with Crippen LogP contribution in [0.4, 0.5) is 0 Å². The fourth-order valence-electron chi connectivity index (χ4n) is 1.34. The van der Waals surface area contributed by atoms with E-state index < -0.39 is 16.0 Å². The number of nitrogens with one attached hydrogen (secondary N) is 1. The summed E-state index contributed by atoms with van der Waals surface area (Å²) in [5.41, 5.74) is 0. The Bertz CT molecular complexity index is 558. The topological polar surface area (TPSA) is 92.7 Å². The molecule has 0 radical (unpaired) electrons. The number of methoxy groups -OCH3 is 1. The molecule has 0 unspecified atom stereocenters. The normalized spacial score (nSPS) is 11.3. The molecule has 2 N–H and O–H groups in total. The second kappa shape index (κ2) is 6.74. The van der Waals surface area contributed by atoms with Crippen LogP contribution in [-0.4, -0.2) is 33.1 Å². The van der Waals surface area contributed by atoms with Crippen LogP contribution >= 0.6 is 11.6 Å². The van der Waals surface area contributed by atoms with Crippen LogP contribution in [0.1, 0.15) is 12.8 Å². The molecule has 6 nitrogen and oxygen atoms in total. The number of sulfonamides is 1. The summed E-state index contributed by atoms with van der Waals surface area (Å²) < 4.78 is 31.0.